The molecule has 27 heavy (non-hydrogen) atoms. The summed E-state index contributed by atoms with van der Waals surface area (Å²) >= 11 is 0. The number of hydrogen-bond donors (Lipinski definition) is 2. The smallest absolute Gasteiger partial charge is 0.383 e. The Hall–Kier alpha value is -3.14. The van der Waals surface area contributed by atoms with Gasteiger partial charge in [-0.1, -0.05) is 6.07 Å². The van der Waals surface area contributed by atoms with Crippen LogP contribution in [0.3, 0.4) is 0 Å². The number of halogens is 3. The van der Waals surface area contributed by atoms with Crippen molar-refractivity contribution in [1.82, 2.24) is 0 Å². The van der Waals surface area contributed by atoms with Crippen molar-refractivity contribution in [2.24, 2.45) is 0 Å². The Bertz CT molecular complexity index is 840. The minimum atomic E-state index is -4.56. The molecule has 144 valence electrons. The molecule has 0 saturated heterocycles. The Balaban J connectivity index is 2.30. The Morgan fingerprint density at radius 1 is 1.22 bits per heavy atom. The second-order valence-electron chi connectivity index (χ2n) is 5.44. The number of rotatable bonds is 7. The van der Waals surface area contributed by atoms with Gasteiger partial charge in [-0.25, -0.2) is 0 Å². The number of amides is 1. The van der Waals surface area contributed by atoms with Gasteiger partial charge in [0.25, 0.3) is 11.6 Å². The van der Waals surface area contributed by atoms with Crippen molar-refractivity contribution in [3.63, 3.8) is 0 Å². The van der Waals surface area contributed by atoms with E-state index >= 15 is 0 Å². The Morgan fingerprint density at radius 3 is 2.59 bits per heavy atom. The van der Waals surface area contributed by atoms with Gasteiger partial charge >= 0.3 is 6.18 Å². The molecule has 0 spiro atoms. The maximum absolute atomic E-state index is 12.8. The second kappa shape index (κ2) is 8.49. The summed E-state index contributed by atoms with van der Waals surface area (Å²) in [4.78, 5) is 22.8. The summed E-state index contributed by atoms with van der Waals surface area (Å²) in [5.41, 5.74) is -1.09. The largest absolute Gasteiger partial charge is 0.416 e. The first-order chi connectivity index (χ1) is 12.7. The third-order valence-corrected chi connectivity index (χ3v) is 3.53. The van der Waals surface area contributed by atoms with E-state index in [1.807, 2.05) is 0 Å². The summed E-state index contributed by atoms with van der Waals surface area (Å²) in [6.07, 6.45) is -4.56. The zero-order valence-corrected chi connectivity index (χ0v) is 14.2. The normalized spacial score (nSPS) is 11.1. The number of anilines is 2. The fourth-order valence-corrected chi connectivity index (χ4v) is 2.25. The number of nitro benzene ring substituents is 1. The molecule has 0 fully saturated rings. The van der Waals surface area contributed by atoms with Crippen LogP contribution in [-0.2, 0) is 10.9 Å². The molecule has 0 aliphatic heterocycles. The van der Waals surface area contributed by atoms with E-state index in [9.17, 15) is 28.1 Å². The van der Waals surface area contributed by atoms with E-state index in [1.165, 1.54) is 25.3 Å². The summed E-state index contributed by atoms with van der Waals surface area (Å²) < 4.78 is 43.3. The predicted octanol–water partition coefficient (Wildman–Crippen LogP) is 3.92. The lowest BCUT2D eigenvalue weighted by Gasteiger charge is -2.13. The average Bonchev–Trinajstić information content (AvgIpc) is 2.61. The highest BCUT2D eigenvalue weighted by molar-refractivity contribution is 6.08. The summed E-state index contributed by atoms with van der Waals surface area (Å²) in [5.74, 6) is -0.780. The van der Waals surface area contributed by atoms with E-state index in [0.717, 1.165) is 24.3 Å². The predicted molar refractivity (Wildman–Crippen MR) is 92.9 cm³/mol. The van der Waals surface area contributed by atoms with E-state index < -0.39 is 22.6 Å². The number of nitrogens with one attached hydrogen (secondary N) is 2. The van der Waals surface area contributed by atoms with Gasteiger partial charge in [0.2, 0.25) is 0 Å². The van der Waals surface area contributed by atoms with Gasteiger partial charge in [0.05, 0.1) is 22.7 Å². The summed E-state index contributed by atoms with van der Waals surface area (Å²) in [5, 5.41) is 16.2. The highest BCUT2D eigenvalue weighted by atomic mass is 19.4. The van der Waals surface area contributed by atoms with Gasteiger partial charge in [0.15, 0.2) is 0 Å². The lowest BCUT2D eigenvalue weighted by molar-refractivity contribution is -0.384. The van der Waals surface area contributed by atoms with Crippen LogP contribution in [0.4, 0.5) is 30.2 Å². The number of non-ortho nitro benzene ring substituents is 1. The molecule has 0 atom stereocenters. The molecule has 0 radical (unpaired) electrons. The van der Waals surface area contributed by atoms with Crippen molar-refractivity contribution in [1.29, 1.82) is 0 Å². The molecule has 1 amide bonds. The van der Waals surface area contributed by atoms with Gasteiger partial charge in [0.1, 0.15) is 0 Å². The summed E-state index contributed by atoms with van der Waals surface area (Å²) in [6, 6.07) is 7.74. The highest BCUT2D eigenvalue weighted by Crippen LogP contribution is 2.31. The van der Waals surface area contributed by atoms with Crippen LogP contribution in [0.1, 0.15) is 15.9 Å². The van der Waals surface area contributed by atoms with Crippen molar-refractivity contribution in [3.05, 3.63) is 63.7 Å². The summed E-state index contributed by atoms with van der Waals surface area (Å²) in [6.45, 7) is 0.657. The molecule has 2 N–H and O–H groups in total. The number of nitrogens with zero attached hydrogens (tertiary/aromatic N) is 1. The SMILES string of the molecule is COCCNc1ccc([N+](=O)[O-])cc1C(=O)Nc1cccc(C(F)(F)F)c1. The number of alkyl halides is 3. The first-order valence-corrected chi connectivity index (χ1v) is 7.72. The Kier molecular flexibility index (Phi) is 6.35. The van der Waals surface area contributed by atoms with Gasteiger partial charge in [0, 0.05) is 37.2 Å². The first kappa shape index (κ1) is 20.2. The van der Waals surface area contributed by atoms with Crippen LogP contribution in [0.15, 0.2) is 42.5 Å². The molecule has 2 aromatic rings. The lowest BCUT2D eigenvalue weighted by Crippen LogP contribution is -2.17. The highest BCUT2D eigenvalue weighted by Gasteiger charge is 2.30. The van der Waals surface area contributed by atoms with E-state index in [0.29, 0.717) is 18.8 Å². The van der Waals surface area contributed by atoms with Crippen molar-refractivity contribution < 1.29 is 27.6 Å². The Morgan fingerprint density at radius 2 is 1.96 bits per heavy atom. The molecule has 0 aliphatic rings. The number of hydrogen-bond acceptors (Lipinski definition) is 5. The zero-order valence-electron chi connectivity index (χ0n) is 14.2. The molecule has 0 aromatic heterocycles. The number of carbonyl (C=O) groups is 1. The third-order valence-electron chi connectivity index (χ3n) is 3.53. The van der Waals surface area contributed by atoms with Gasteiger partial charge in [-0.05, 0) is 24.3 Å². The van der Waals surface area contributed by atoms with Crippen LogP contribution in [0.5, 0.6) is 0 Å². The van der Waals surface area contributed by atoms with Crippen molar-refractivity contribution in [3.8, 4) is 0 Å². The zero-order chi connectivity index (χ0) is 20.0. The molecule has 2 rings (SSSR count). The summed E-state index contributed by atoms with van der Waals surface area (Å²) in [7, 11) is 1.48. The molecular formula is C17H16F3N3O4. The number of methoxy groups -OCH3 is 1. The minimum Gasteiger partial charge on any atom is -0.383 e. The first-order valence-electron chi connectivity index (χ1n) is 7.72. The van der Waals surface area contributed by atoms with Crippen LogP contribution in [0.2, 0.25) is 0 Å². The second-order valence-corrected chi connectivity index (χ2v) is 5.44. The van der Waals surface area contributed by atoms with E-state index in [4.69, 9.17) is 4.74 Å². The molecule has 0 saturated carbocycles. The van der Waals surface area contributed by atoms with Crippen molar-refractivity contribution in [2.45, 2.75) is 6.18 Å². The lowest BCUT2D eigenvalue weighted by atomic mass is 10.1. The Labute approximate surface area is 152 Å². The van der Waals surface area contributed by atoms with Crippen LogP contribution < -0.4 is 10.6 Å². The molecule has 0 unspecified atom stereocenters. The van der Waals surface area contributed by atoms with Crippen LogP contribution in [-0.4, -0.2) is 31.1 Å². The van der Waals surface area contributed by atoms with Crippen LogP contribution >= 0.6 is 0 Å². The molecular weight excluding hydrogens is 367 g/mol. The van der Waals surface area contributed by atoms with E-state index in [1.54, 1.807) is 0 Å². The van der Waals surface area contributed by atoms with Gasteiger partial charge in [-0.15, -0.1) is 0 Å². The van der Waals surface area contributed by atoms with Gasteiger partial charge in [-0.3, -0.25) is 14.9 Å². The molecule has 2 aromatic carbocycles. The van der Waals surface area contributed by atoms with E-state index in [-0.39, 0.29) is 16.9 Å². The van der Waals surface area contributed by atoms with Crippen molar-refractivity contribution >= 4 is 23.0 Å². The fraction of sp³-hybridized carbons (Fsp3) is 0.235. The average molecular weight is 383 g/mol. The number of benzene rings is 2. The van der Waals surface area contributed by atoms with Crippen LogP contribution in [0, 0.1) is 10.1 Å². The number of nitro groups is 1. The number of carbonyl (C=O) groups excluding carboxylic acids is 1. The van der Waals surface area contributed by atoms with E-state index in [2.05, 4.69) is 10.6 Å². The topological polar surface area (TPSA) is 93.5 Å². The van der Waals surface area contributed by atoms with Gasteiger partial charge in [-0.2, -0.15) is 13.2 Å². The third kappa shape index (κ3) is 5.42. The maximum Gasteiger partial charge on any atom is 0.416 e. The van der Waals surface area contributed by atoms with Gasteiger partial charge < -0.3 is 15.4 Å². The van der Waals surface area contributed by atoms with Crippen LogP contribution in [0.25, 0.3) is 0 Å². The minimum absolute atomic E-state index is 0.0716. The maximum atomic E-state index is 12.8. The molecule has 7 nitrogen and oxygen atoms in total. The fourth-order valence-electron chi connectivity index (χ4n) is 2.25. The molecule has 0 bridgehead atoms. The molecule has 10 heteroatoms. The molecule has 0 heterocycles. The quantitative estimate of drug-likeness (QED) is 0.429. The number of ether oxygens (including phenoxy) is 1. The monoisotopic (exact) mass is 383 g/mol. The standard InChI is InChI=1S/C17H16F3N3O4/c1-27-8-7-21-15-6-5-13(23(25)26)10-14(15)16(24)22-12-4-2-3-11(9-12)17(18,19)20/h2-6,9-10,21H,7-8H2,1H3,(H,22,24). The van der Waals surface area contributed by atoms with Crippen molar-refractivity contribution in [2.75, 3.05) is 30.9 Å². The molecule has 0 aliphatic carbocycles.